The van der Waals surface area contributed by atoms with Crippen LogP contribution in [-0.4, -0.2) is 0 Å². The van der Waals surface area contributed by atoms with Crippen molar-refractivity contribution in [3.8, 4) is 0 Å². The molecule has 1 atom stereocenters. The molecule has 0 saturated heterocycles. The Kier molecular flexibility index (Phi) is 2.33. The minimum Gasteiger partial charge on any atom is -0.398 e. The van der Waals surface area contributed by atoms with E-state index in [0.717, 1.165) is 5.69 Å². The maximum Gasteiger partial charge on any atom is 0.0458 e. The number of rotatable bonds is 2. The van der Waals surface area contributed by atoms with Gasteiger partial charge in [0.2, 0.25) is 0 Å². The summed E-state index contributed by atoms with van der Waals surface area (Å²) in [5, 5.41) is 2.05. The number of nitrogens with two attached hydrogens (primary N) is 1. The molecule has 0 spiro atoms. The van der Waals surface area contributed by atoms with E-state index >= 15 is 0 Å². The number of anilines is 1. The number of thiophene rings is 1. The van der Waals surface area contributed by atoms with Gasteiger partial charge in [-0.3, -0.25) is 0 Å². The molecule has 1 aromatic rings. The maximum atomic E-state index is 5.73. The van der Waals surface area contributed by atoms with E-state index in [1.807, 2.05) is 6.07 Å². The third kappa shape index (κ3) is 1.32. The van der Waals surface area contributed by atoms with E-state index in [2.05, 4.69) is 19.2 Å². The first kappa shape index (κ1) is 7.61. The molecule has 0 aliphatic rings. The van der Waals surface area contributed by atoms with Crippen molar-refractivity contribution >= 4 is 17.0 Å². The van der Waals surface area contributed by atoms with Crippen molar-refractivity contribution in [2.75, 3.05) is 5.73 Å². The Labute approximate surface area is 65.9 Å². The Bertz CT molecular complexity index is 205. The van der Waals surface area contributed by atoms with Gasteiger partial charge in [0.15, 0.2) is 0 Å². The van der Waals surface area contributed by atoms with Crippen molar-refractivity contribution < 1.29 is 0 Å². The average Bonchev–Trinajstić information content (AvgIpc) is 2.34. The molecule has 0 aliphatic carbocycles. The SMILES string of the molecule is CCC(C)c1sccc1N. The molecule has 0 aromatic carbocycles. The number of nitrogen functional groups attached to an aromatic ring is 1. The van der Waals surface area contributed by atoms with Gasteiger partial charge in [0.25, 0.3) is 0 Å². The van der Waals surface area contributed by atoms with Crippen molar-refractivity contribution in [2.24, 2.45) is 0 Å². The lowest BCUT2D eigenvalue weighted by atomic mass is 10.1. The molecule has 1 heterocycles. The van der Waals surface area contributed by atoms with Crippen LogP contribution in [0.25, 0.3) is 0 Å². The Morgan fingerprint density at radius 2 is 2.40 bits per heavy atom. The largest absolute Gasteiger partial charge is 0.398 e. The van der Waals surface area contributed by atoms with Crippen LogP contribution in [0.15, 0.2) is 11.4 Å². The van der Waals surface area contributed by atoms with Crippen LogP contribution in [0.2, 0.25) is 0 Å². The predicted molar refractivity (Wildman–Crippen MR) is 47.4 cm³/mol. The molecular weight excluding hydrogens is 142 g/mol. The Hall–Kier alpha value is -0.500. The fourth-order valence-corrected chi connectivity index (χ4v) is 1.88. The van der Waals surface area contributed by atoms with E-state index in [9.17, 15) is 0 Å². The molecule has 1 nitrogen and oxygen atoms in total. The zero-order valence-electron chi connectivity index (χ0n) is 6.42. The minimum atomic E-state index is 0.625. The predicted octanol–water partition coefficient (Wildman–Crippen LogP) is 2.84. The van der Waals surface area contributed by atoms with E-state index in [0.29, 0.717) is 5.92 Å². The molecule has 0 aliphatic heterocycles. The first-order chi connectivity index (χ1) is 4.75. The van der Waals surface area contributed by atoms with Gasteiger partial charge in [-0.15, -0.1) is 11.3 Å². The van der Waals surface area contributed by atoms with Crippen LogP contribution in [-0.2, 0) is 0 Å². The van der Waals surface area contributed by atoms with E-state index < -0.39 is 0 Å². The average molecular weight is 155 g/mol. The van der Waals surface area contributed by atoms with Gasteiger partial charge in [-0.25, -0.2) is 0 Å². The van der Waals surface area contributed by atoms with Crippen LogP contribution in [0, 0.1) is 0 Å². The molecule has 0 amide bonds. The molecule has 1 unspecified atom stereocenters. The van der Waals surface area contributed by atoms with Gasteiger partial charge in [-0.2, -0.15) is 0 Å². The molecule has 0 radical (unpaired) electrons. The van der Waals surface area contributed by atoms with E-state index in [1.54, 1.807) is 11.3 Å². The summed E-state index contributed by atoms with van der Waals surface area (Å²) in [6, 6.07) is 1.98. The molecule has 2 N–H and O–H groups in total. The number of hydrogen-bond donors (Lipinski definition) is 1. The molecule has 2 heteroatoms. The van der Waals surface area contributed by atoms with Crippen LogP contribution in [0.1, 0.15) is 31.1 Å². The van der Waals surface area contributed by atoms with E-state index in [1.165, 1.54) is 11.3 Å². The quantitative estimate of drug-likeness (QED) is 0.698. The summed E-state index contributed by atoms with van der Waals surface area (Å²) in [7, 11) is 0. The molecular formula is C8H13NS. The van der Waals surface area contributed by atoms with Crippen molar-refractivity contribution in [3.63, 3.8) is 0 Å². The summed E-state index contributed by atoms with van der Waals surface area (Å²) in [4.78, 5) is 1.34. The summed E-state index contributed by atoms with van der Waals surface area (Å²) in [5.74, 6) is 0.625. The Balaban J connectivity index is 2.82. The summed E-state index contributed by atoms with van der Waals surface area (Å²) in [6.45, 7) is 4.39. The lowest BCUT2D eigenvalue weighted by molar-refractivity contribution is 0.750. The molecule has 0 bridgehead atoms. The highest BCUT2D eigenvalue weighted by Gasteiger charge is 2.06. The van der Waals surface area contributed by atoms with Crippen LogP contribution in [0.3, 0.4) is 0 Å². The first-order valence-electron chi connectivity index (χ1n) is 3.58. The second kappa shape index (κ2) is 3.06. The highest BCUT2D eigenvalue weighted by atomic mass is 32.1. The lowest BCUT2D eigenvalue weighted by Crippen LogP contribution is -1.92. The summed E-state index contributed by atoms with van der Waals surface area (Å²) in [6.07, 6.45) is 1.17. The molecule has 56 valence electrons. The fourth-order valence-electron chi connectivity index (χ4n) is 0.917. The third-order valence-corrected chi connectivity index (χ3v) is 2.95. The van der Waals surface area contributed by atoms with Crippen molar-refractivity contribution in [1.82, 2.24) is 0 Å². The molecule has 1 aromatic heterocycles. The van der Waals surface area contributed by atoms with Gasteiger partial charge < -0.3 is 5.73 Å². The van der Waals surface area contributed by atoms with Crippen LogP contribution >= 0.6 is 11.3 Å². The second-order valence-electron chi connectivity index (χ2n) is 2.55. The minimum absolute atomic E-state index is 0.625. The van der Waals surface area contributed by atoms with Gasteiger partial charge in [-0.1, -0.05) is 13.8 Å². The normalized spacial score (nSPS) is 13.4. The first-order valence-corrected chi connectivity index (χ1v) is 4.46. The van der Waals surface area contributed by atoms with Crippen molar-refractivity contribution in [3.05, 3.63) is 16.3 Å². The maximum absolute atomic E-state index is 5.73. The zero-order valence-corrected chi connectivity index (χ0v) is 7.24. The van der Waals surface area contributed by atoms with Crippen LogP contribution in [0.5, 0.6) is 0 Å². The van der Waals surface area contributed by atoms with Crippen LogP contribution < -0.4 is 5.73 Å². The standard InChI is InChI=1S/C8H13NS/c1-3-6(2)8-7(9)4-5-10-8/h4-6H,3,9H2,1-2H3. The molecule has 0 fully saturated rings. The summed E-state index contributed by atoms with van der Waals surface area (Å²) >= 11 is 1.76. The van der Waals surface area contributed by atoms with Crippen molar-refractivity contribution in [1.29, 1.82) is 0 Å². The highest BCUT2D eigenvalue weighted by Crippen LogP contribution is 2.29. The van der Waals surface area contributed by atoms with Crippen molar-refractivity contribution in [2.45, 2.75) is 26.2 Å². The van der Waals surface area contributed by atoms with Gasteiger partial charge >= 0.3 is 0 Å². The monoisotopic (exact) mass is 155 g/mol. The lowest BCUT2D eigenvalue weighted by Gasteiger charge is -2.05. The summed E-state index contributed by atoms with van der Waals surface area (Å²) in [5.41, 5.74) is 6.69. The molecule has 0 saturated carbocycles. The van der Waals surface area contributed by atoms with E-state index in [4.69, 9.17) is 5.73 Å². The van der Waals surface area contributed by atoms with Gasteiger partial charge in [-0.05, 0) is 23.8 Å². The Morgan fingerprint density at radius 3 is 2.80 bits per heavy atom. The second-order valence-corrected chi connectivity index (χ2v) is 3.50. The smallest absolute Gasteiger partial charge is 0.0458 e. The molecule has 10 heavy (non-hydrogen) atoms. The highest BCUT2D eigenvalue weighted by molar-refractivity contribution is 7.10. The molecule has 1 rings (SSSR count). The fraction of sp³-hybridized carbons (Fsp3) is 0.500. The van der Waals surface area contributed by atoms with Gasteiger partial charge in [0.1, 0.15) is 0 Å². The number of hydrogen-bond acceptors (Lipinski definition) is 2. The topological polar surface area (TPSA) is 26.0 Å². The Morgan fingerprint density at radius 1 is 1.70 bits per heavy atom. The van der Waals surface area contributed by atoms with Crippen LogP contribution in [0.4, 0.5) is 5.69 Å². The zero-order chi connectivity index (χ0) is 7.56. The van der Waals surface area contributed by atoms with Gasteiger partial charge in [0, 0.05) is 10.6 Å². The van der Waals surface area contributed by atoms with Gasteiger partial charge in [0.05, 0.1) is 0 Å². The third-order valence-electron chi connectivity index (χ3n) is 1.79. The van der Waals surface area contributed by atoms with E-state index in [-0.39, 0.29) is 0 Å². The summed E-state index contributed by atoms with van der Waals surface area (Å²) < 4.78 is 0.